The number of nitrogens with one attached hydrogen (secondary N) is 2. The first-order valence-electron chi connectivity index (χ1n) is 8.54. The molecular formula is C18H21N3O5S. The molecule has 1 aliphatic rings. The molecule has 0 bridgehead atoms. The van der Waals surface area contributed by atoms with Gasteiger partial charge in [0, 0.05) is 31.4 Å². The van der Waals surface area contributed by atoms with Gasteiger partial charge in [0.05, 0.1) is 17.6 Å². The Labute approximate surface area is 157 Å². The molecule has 9 heteroatoms. The third-order valence-corrected chi connectivity index (χ3v) is 6.45. The summed E-state index contributed by atoms with van der Waals surface area (Å²) in [4.78, 5) is 25.9. The van der Waals surface area contributed by atoms with Gasteiger partial charge in [0.25, 0.3) is 5.91 Å². The van der Waals surface area contributed by atoms with Crippen LogP contribution in [0, 0.1) is 0 Å². The van der Waals surface area contributed by atoms with Gasteiger partial charge in [-0.1, -0.05) is 0 Å². The summed E-state index contributed by atoms with van der Waals surface area (Å²) in [5, 5.41) is 2.88. The highest BCUT2D eigenvalue weighted by atomic mass is 32.2. The number of sulfonamides is 1. The molecule has 27 heavy (non-hydrogen) atoms. The van der Waals surface area contributed by atoms with Crippen molar-refractivity contribution in [2.75, 3.05) is 20.2 Å². The Morgan fingerprint density at radius 1 is 1.15 bits per heavy atom. The van der Waals surface area contributed by atoms with Crippen molar-refractivity contribution in [1.82, 2.24) is 14.6 Å². The zero-order valence-corrected chi connectivity index (χ0v) is 15.7. The van der Waals surface area contributed by atoms with Crippen LogP contribution < -0.4 is 15.6 Å². The number of hydrogen-bond donors (Lipinski definition) is 2. The molecule has 2 heterocycles. The van der Waals surface area contributed by atoms with Crippen molar-refractivity contribution in [3.8, 4) is 5.75 Å². The van der Waals surface area contributed by atoms with E-state index < -0.39 is 10.0 Å². The number of aromatic amines is 1. The molecule has 0 aliphatic carbocycles. The second-order valence-corrected chi connectivity index (χ2v) is 8.21. The summed E-state index contributed by atoms with van der Waals surface area (Å²) in [6.07, 6.45) is 2.40. The van der Waals surface area contributed by atoms with Crippen LogP contribution in [0.3, 0.4) is 0 Å². The first kappa shape index (κ1) is 19.1. The smallest absolute Gasteiger partial charge is 0.252 e. The lowest BCUT2D eigenvalue weighted by molar-refractivity contribution is 0.0923. The summed E-state index contributed by atoms with van der Waals surface area (Å²) in [5.74, 6) is 0.306. The van der Waals surface area contributed by atoms with Crippen molar-refractivity contribution in [3.63, 3.8) is 0 Å². The highest BCUT2D eigenvalue weighted by molar-refractivity contribution is 7.89. The van der Waals surface area contributed by atoms with E-state index in [-0.39, 0.29) is 22.4 Å². The topological polar surface area (TPSA) is 109 Å². The molecule has 1 saturated heterocycles. The zero-order valence-electron chi connectivity index (χ0n) is 14.8. The highest BCUT2D eigenvalue weighted by Gasteiger charge is 2.30. The quantitative estimate of drug-likeness (QED) is 0.789. The summed E-state index contributed by atoms with van der Waals surface area (Å²) >= 11 is 0. The summed E-state index contributed by atoms with van der Waals surface area (Å²) in [7, 11) is -2.05. The number of pyridine rings is 1. The zero-order chi connectivity index (χ0) is 19.4. The number of rotatable bonds is 5. The average molecular weight is 391 g/mol. The number of ether oxygens (including phenoxy) is 1. The Morgan fingerprint density at radius 3 is 2.37 bits per heavy atom. The van der Waals surface area contributed by atoms with Crippen molar-refractivity contribution in [2.45, 2.75) is 23.8 Å². The number of carbonyl (C=O) groups is 1. The van der Waals surface area contributed by atoms with E-state index in [1.807, 2.05) is 0 Å². The third-order valence-electron chi connectivity index (χ3n) is 4.53. The predicted octanol–water partition coefficient (Wildman–Crippen LogP) is 0.967. The first-order valence-corrected chi connectivity index (χ1v) is 9.98. The summed E-state index contributed by atoms with van der Waals surface area (Å²) < 4.78 is 31.9. The van der Waals surface area contributed by atoms with Crippen LogP contribution in [0.5, 0.6) is 5.75 Å². The van der Waals surface area contributed by atoms with Crippen molar-refractivity contribution in [2.24, 2.45) is 0 Å². The largest absolute Gasteiger partial charge is 0.497 e. The summed E-state index contributed by atoms with van der Waals surface area (Å²) in [5.41, 5.74) is 0.0893. The monoisotopic (exact) mass is 391 g/mol. The molecule has 0 saturated carbocycles. The van der Waals surface area contributed by atoms with Crippen LogP contribution >= 0.6 is 0 Å². The van der Waals surface area contributed by atoms with Gasteiger partial charge < -0.3 is 15.0 Å². The Kier molecular flexibility index (Phi) is 5.62. The average Bonchev–Trinajstić information content (AvgIpc) is 2.69. The van der Waals surface area contributed by atoms with E-state index in [0.717, 1.165) is 0 Å². The third kappa shape index (κ3) is 4.37. The lowest BCUT2D eigenvalue weighted by Crippen LogP contribution is -2.46. The molecule has 3 rings (SSSR count). The van der Waals surface area contributed by atoms with E-state index >= 15 is 0 Å². The van der Waals surface area contributed by atoms with Gasteiger partial charge in [-0.2, -0.15) is 4.31 Å². The molecule has 1 fully saturated rings. The number of methoxy groups -OCH3 is 1. The van der Waals surface area contributed by atoms with Gasteiger partial charge in [0.2, 0.25) is 15.6 Å². The Hall–Kier alpha value is -2.65. The van der Waals surface area contributed by atoms with E-state index in [1.54, 1.807) is 12.1 Å². The number of hydrogen-bond acceptors (Lipinski definition) is 5. The van der Waals surface area contributed by atoms with Crippen molar-refractivity contribution in [1.29, 1.82) is 0 Å². The van der Waals surface area contributed by atoms with E-state index in [4.69, 9.17) is 4.74 Å². The van der Waals surface area contributed by atoms with E-state index in [1.165, 1.54) is 41.9 Å². The number of H-pyrrole nitrogens is 1. The molecule has 0 spiro atoms. The maximum atomic E-state index is 12.7. The molecule has 8 nitrogen and oxygen atoms in total. The van der Waals surface area contributed by atoms with Gasteiger partial charge in [-0.3, -0.25) is 9.59 Å². The van der Waals surface area contributed by atoms with Crippen molar-refractivity contribution in [3.05, 3.63) is 58.5 Å². The Morgan fingerprint density at radius 2 is 1.81 bits per heavy atom. The van der Waals surface area contributed by atoms with Gasteiger partial charge in [0.15, 0.2) is 0 Å². The molecule has 1 aliphatic heterocycles. The fourth-order valence-electron chi connectivity index (χ4n) is 2.96. The Balaban J connectivity index is 1.59. The van der Waals surface area contributed by atoms with Crippen LogP contribution in [0.2, 0.25) is 0 Å². The van der Waals surface area contributed by atoms with E-state index in [9.17, 15) is 18.0 Å². The molecule has 1 aromatic heterocycles. The van der Waals surface area contributed by atoms with Crippen LogP contribution in [0.25, 0.3) is 0 Å². The lowest BCUT2D eigenvalue weighted by Gasteiger charge is -2.31. The van der Waals surface area contributed by atoms with Gasteiger partial charge >= 0.3 is 0 Å². The SMILES string of the molecule is COc1ccc(S(=O)(=O)N2CCC(NC(=O)c3ccc(=O)[nH]c3)CC2)cc1. The number of amides is 1. The molecule has 2 aromatic rings. The number of benzene rings is 1. The molecule has 0 atom stereocenters. The Bertz CT molecular complexity index is 941. The van der Waals surface area contributed by atoms with Gasteiger partial charge in [0.1, 0.15) is 5.75 Å². The number of aromatic nitrogens is 1. The molecule has 144 valence electrons. The first-order chi connectivity index (χ1) is 12.9. The van der Waals surface area contributed by atoms with Crippen LogP contribution in [-0.2, 0) is 10.0 Å². The maximum absolute atomic E-state index is 12.7. The maximum Gasteiger partial charge on any atom is 0.252 e. The molecular weight excluding hydrogens is 370 g/mol. The second kappa shape index (κ2) is 7.93. The van der Waals surface area contributed by atoms with Crippen molar-refractivity contribution >= 4 is 15.9 Å². The second-order valence-electron chi connectivity index (χ2n) is 6.27. The van der Waals surface area contributed by atoms with Crippen LogP contribution in [0.15, 0.2) is 52.3 Å². The summed E-state index contributed by atoms with van der Waals surface area (Å²) in [6.45, 7) is 0.649. The minimum atomic E-state index is -3.57. The van der Waals surface area contributed by atoms with E-state index in [2.05, 4.69) is 10.3 Å². The molecule has 0 radical (unpaired) electrons. The van der Waals surface area contributed by atoms with Gasteiger partial charge in [-0.15, -0.1) is 0 Å². The van der Waals surface area contributed by atoms with Gasteiger partial charge in [-0.25, -0.2) is 8.42 Å². The van der Waals surface area contributed by atoms with Gasteiger partial charge in [-0.05, 0) is 43.2 Å². The van der Waals surface area contributed by atoms with Crippen LogP contribution in [0.4, 0.5) is 0 Å². The lowest BCUT2D eigenvalue weighted by atomic mass is 10.1. The minimum absolute atomic E-state index is 0.119. The number of carbonyl (C=O) groups excluding carboxylic acids is 1. The predicted molar refractivity (Wildman–Crippen MR) is 99.3 cm³/mol. The highest BCUT2D eigenvalue weighted by Crippen LogP contribution is 2.23. The minimum Gasteiger partial charge on any atom is -0.497 e. The summed E-state index contributed by atoms with van der Waals surface area (Å²) in [6, 6.07) is 8.91. The van der Waals surface area contributed by atoms with E-state index in [0.29, 0.717) is 37.2 Å². The normalized spacial score (nSPS) is 16.0. The van der Waals surface area contributed by atoms with Crippen LogP contribution in [0.1, 0.15) is 23.2 Å². The molecule has 0 unspecified atom stereocenters. The molecule has 1 aromatic carbocycles. The van der Waals surface area contributed by atoms with Crippen molar-refractivity contribution < 1.29 is 17.9 Å². The fourth-order valence-corrected chi connectivity index (χ4v) is 4.43. The standard InChI is InChI=1S/C18H21N3O5S/c1-26-15-3-5-16(6-4-15)27(24,25)21-10-8-14(9-11-21)20-18(23)13-2-7-17(22)19-12-13/h2-7,12,14H,8-11H2,1H3,(H,19,22)(H,20,23). The molecule has 1 amide bonds. The van der Waals surface area contributed by atoms with Crippen LogP contribution in [-0.4, -0.2) is 49.9 Å². The molecule has 2 N–H and O–H groups in total. The number of piperidine rings is 1. The fraction of sp³-hybridized carbons (Fsp3) is 0.333. The number of nitrogens with zero attached hydrogens (tertiary/aromatic N) is 1.